The number of carbonyl (C=O) groups excluding carboxylic acids is 3. The zero-order chi connectivity index (χ0) is 26.9. The minimum absolute atomic E-state index is 0.257. The first-order valence-electron chi connectivity index (χ1n) is 12.1. The van der Waals surface area contributed by atoms with E-state index in [2.05, 4.69) is 16.7 Å². The van der Waals surface area contributed by atoms with E-state index in [-0.39, 0.29) is 12.5 Å². The number of ether oxygens (including phenoxy) is 1. The molecule has 3 atom stereocenters. The number of benzene rings is 2. The fourth-order valence-electron chi connectivity index (χ4n) is 3.58. The van der Waals surface area contributed by atoms with Gasteiger partial charge in [0.1, 0.15) is 17.7 Å². The normalized spacial score (nSPS) is 13.5. The van der Waals surface area contributed by atoms with Crippen molar-refractivity contribution in [2.45, 2.75) is 72.2 Å². The van der Waals surface area contributed by atoms with E-state index in [9.17, 15) is 14.4 Å². The van der Waals surface area contributed by atoms with Gasteiger partial charge in [-0.2, -0.15) is 0 Å². The third-order valence-corrected chi connectivity index (χ3v) is 5.74. The van der Waals surface area contributed by atoms with Gasteiger partial charge in [0, 0.05) is 12.6 Å². The second-order valence-corrected chi connectivity index (χ2v) is 9.86. The maximum absolute atomic E-state index is 13.8. The Hall–Kier alpha value is -3.79. The third-order valence-electron chi connectivity index (χ3n) is 5.74. The van der Waals surface area contributed by atoms with Crippen LogP contribution in [0.25, 0.3) is 0 Å². The Morgan fingerprint density at radius 2 is 1.67 bits per heavy atom. The molecule has 36 heavy (non-hydrogen) atoms. The quantitative estimate of drug-likeness (QED) is 0.393. The van der Waals surface area contributed by atoms with E-state index in [0.29, 0.717) is 12.0 Å². The minimum atomic E-state index is -1.08. The molecule has 3 amide bonds. The van der Waals surface area contributed by atoms with Gasteiger partial charge in [0.2, 0.25) is 5.91 Å². The van der Waals surface area contributed by atoms with Gasteiger partial charge in [0.25, 0.3) is 5.91 Å². The van der Waals surface area contributed by atoms with Crippen LogP contribution in [0.15, 0.2) is 54.6 Å². The van der Waals surface area contributed by atoms with Crippen LogP contribution in [0.5, 0.6) is 0 Å². The third kappa shape index (κ3) is 8.16. The average Bonchev–Trinajstić information content (AvgIpc) is 2.83. The predicted molar refractivity (Wildman–Crippen MR) is 141 cm³/mol. The molecular formula is C29H37N3O4. The molecule has 0 bridgehead atoms. The number of rotatable bonds is 9. The zero-order valence-electron chi connectivity index (χ0n) is 22.0. The number of hydrogen-bond acceptors (Lipinski definition) is 4. The molecule has 0 spiro atoms. The molecule has 2 aromatic carbocycles. The van der Waals surface area contributed by atoms with Crippen molar-refractivity contribution in [2.75, 3.05) is 0 Å². The predicted octanol–water partition coefficient (Wildman–Crippen LogP) is 4.71. The molecular weight excluding hydrogens is 454 g/mol. The summed E-state index contributed by atoms with van der Waals surface area (Å²) in [4.78, 5) is 40.8. The number of aryl methyl sites for hydroxylation is 1. The summed E-state index contributed by atoms with van der Waals surface area (Å²) in [6.45, 7) is 11.2. The fraction of sp³-hybridized carbons (Fsp3) is 0.414. The van der Waals surface area contributed by atoms with Crippen molar-refractivity contribution in [3.05, 3.63) is 71.3 Å². The summed E-state index contributed by atoms with van der Waals surface area (Å²) in [6, 6.07) is 17.1. The zero-order valence-corrected chi connectivity index (χ0v) is 22.0. The standard InChI is InChI=1S/C29H37N3O4/c1-8-21(4)24(31-28(35)36-29(5,6)7)27(34)32(9-2)25(23-17-15-20(3)16-18-23)26(33)30-19-22-13-11-10-12-14-22/h2,10-18,21,24-25H,8,19H2,1,3-7H3,(H,30,33)(H,31,35). The molecule has 0 heterocycles. The van der Waals surface area contributed by atoms with Gasteiger partial charge in [-0.15, -0.1) is 0 Å². The summed E-state index contributed by atoms with van der Waals surface area (Å²) in [5.74, 6) is -1.24. The first-order valence-corrected chi connectivity index (χ1v) is 12.1. The molecule has 0 aliphatic carbocycles. The van der Waals surface area contributed by atoms with Gasteiger partial charge in [-0.1, -0.05) is 86.9 Å². The van der Waals surface area contributed by atoms with Gasteiger partial charge in [0.05, 0.1) is 0 Å². The Balaban J connectivity index is 2.39. The van der Waals surface area contributed by atoms with Gasteiger partial charge < -0.3 is 15.4 Å². The van der Waals surface area contributed by atoms with Crippen molar-refractivity contribution in [2.24, 2.45) is 5.92 Å². The van der Waals surface area contributed by atoms with Gasteiger partial charge >= 0.3 is 6.09 Å². The molecule has 0 saturated carbocycles. The van der Waals surface area contributed by atoms with Crippen molar-refractivity contribution in [1.82, 2.24) is 15.5 Å². The summed E-state index contributed by atoms with van der Waals surface area (Å²) >= 11 is 0. The van der Waals surface area contributed by atoms with Crippen molar-refractivity contribution >= 4 is 17.9 Å². The average molecular weight is 492 g/mol. The molecule has 7 heteroatoms. The first kappa shape index (κ1) is 28.4. The van der Waals surface area contributed by atoms with Crippen molar-refractivity contribution in [3.8, 4) is 12.5 Å². The topological polar surface area (TPSA) is 87.7 Å². The second-order valence-electron chi connectivity index (χ2n) is 9.86. The Labute approximate surface area is 214 Å². The van der Waals surface area contributed by atoms with Crippen LogP contribution in [0, 0.1) is 25.3 Å². The highest BCUT2D eigenvalue weighted by Crippen LogP contribution is 2.24. The largest absolute Gasteiger partial charge is 0.444 e. The molecule has 0 saturated heterocycles. The first-order chi connectivity index (χ1) is 17.0. The van der Waals surface area contributed by atoms with Crippen LogP contribution in [-0.2, 0) is 20.9 Å². The molecule has 2 rings (SSSR count). The summed E-state index contributed by atoms with van der Waals surface area (Å²) in [7, 11) is 0. The maximum atomic E-state index is 13.8. The number of alkyl carbamates (subject to hydrolysis) is 1. The SMILES string of the molecule is C#CN(C(=O)C(NC(=O)OC(C)(C)C)C(C)CC)C(C(=O)NCc1ccccc1)c1ccc(C)cc1. The smallest absolute Gasteiger partial charge is 0.408 e. The fourth-order valence-corrected chi connectivity index (χ4v) is 3.58. The lowest BCUT2D eigenvalue weighted by Gasteiger charge is -2.32. The van der Waals surface area contributed by atoms with Crippen LogP contribution in [0.3, 0.4) is 0 Å². The van der Waals surface area contributed by atoms with Crippen LogP contribution < -0.4 is 10.6 Å². The number of amides is 3. The minimum Gasteiger partial charge on any atom is -0.444 e. The van der Waals surface area contributed by atoms with Crippen molar-refractivity contribution in [3.63, 3.8) is 0 Å². The molecule has 2 aromatic rings. The van der Waals surface area contributed by atoms with E-state index < -0.39 is 35.6 Å². The van der Waals surface area contributed by atoms with Gasteiger partial charge in [-0.25, -0.2) is 4.79 Å². The van der Waals surface area contributed by atoms with E-state index in [0.717, 1.165) is 16.0 Å². The maximum Gasteiger partial charge on any atom is 0.408 e. The number of carbonyl (C=O) groups is 3. The monoisotopic (exact) mass is 491 g/mol. The molecule has 0 aliphatic rings. The molecule has 0 fully saturated rings. The van der Waals surface area contributed by atoms with Crippen molar-refractivity contribution in [1.29, 1.82) is 0 Å². The van der Waals surface area contributed by atoms with E-state index in [1.165, 1.54) is 0 Å². The lowest BCUT2D eigenvalue weighted by atomic mass is 9.96. The van der Waals surface area contributed by atoms with Crippen LogP contribution >= 0.6 is 0 Å². The molecule has 7 nitrogen and oxygen atoms in total. The van der Waals surface area contributed by atoms with E-state index in [4.69, 9.17) is 11.2 Å². The molecule has 0 radical (unpaired) electrons. The molecule has 0 aliphatic heterocycles. The highest BCUT2D eigenvalue weighted by molar-refractivity contribution is 5.93. The highest BCUT2D eigenvalue weighted by atomic mass is 16.6. The van der Waals surface area contributed by atoms with E-state index in [1.54, 1.807) is 32.9 Å². The van der Waals surface area contributed by atoms with E-state index >= 15 is 0 Å². The van der Waals surface area contributed by atoms with Gasteiger partial charge in [-0.3, -0.25) is 14.5 Å². The van der Waals surface area contributed by atoms with Crippen LogP contribution in [0.1, 0.15) is 63.8 Å². The molecule has 0 aromatic heterocycles. The summed E-state index contributed by atoms with van der Waals surface area (Å²) in [5, 5.41) is 5.57. The number of terminal acetylenes is 1. The summed E-state index contributed by atoms with van der Waals surface area (Å²) in [5.41, 5.74) is 1.75. The number of hydrogen-bond donors (Lipinski definition) is 2. The Morgan fingerprint density at radius 3 is 2.19 bits per heavy atom. The number of nitrogens with one attached hydrogen (secondary N) is 2. The van der Waals surface area contributed by atoms with Crippen molar-refractivity contribution < 1.29 is 19.1 Å². The Bertz CT molecular complexity index is 1070. The lowest BCUT2D eigenvalue weighted by Crippen LogP contribution is -2.53. The molecule has 3 unspecified atom stereocenters. The Morgan fingerprint density at radius 1 is 1.06 bits per heavy atom. The summed E-state index contributed by atoms with van der Waals surface area (Å²) < 4.78 is 5.37. The van der Waals surface area contributed by atoms with Gasteiger partial charge in [0.15, 0.2) is 0 Å². The van der Waals surface area contributed by atoms with Gasteiger partial charge in [-0.05, 0) is 44.7 Å². The second kappa shape index (κ2) is 12.8. The lowest BCUT2D eigenvalue weighted by molar-refractivity contribution is -0.139. The van der Waals surface area contributed by atoms with Crippen LogP contribution in [0.2, 0.25) is 0 Å². The summed E-state index contributed by atoms with van der Waals surface area (Å²) in [6.07, 6.45) is 5.70. The van der Waals surface area contributed by atoms with Crippen LogP contribution in [0.4, 0.5) is 4.79 Å². The molecule has 2 N–H and O–H groups in total. The van der Waals surface area contributed by atoms with E-state index in [1.807, 2.05) is 63.2 Å². The highest BCUT2D eigenvalue weighted by Gasteiger charge is 2.37. The Kier molecular flexibility index (Phi) is 10.1. The molecule has 192 valence electrons. The number of nitrogens with zero attached hydrogens (tertiary/aromatic N) is 1. The van der Waals surface area contributed by atoms with Crippen LogP contribution in [-0.4, -0.2) is 34.5 Å².